The zero-order valence-corrected chi connectivity index (χ0v) is 12.8. The van der Waals surface area contributed by atoms with Crippen molar-refractivity contribution in [1.29, 1.82) is 0 Å². The summed E-state index contributed by atoms with van der Waals surface area (Å²) in [5.74, 6) is -1.15. The first-order valence-corrected chi connectivity index (χ1v) is 8.41. The van der Waals surface area contributed by atoms with Crippen LogP contribution in [0.4, 0.5) is 8.78 Å². The maximum atomic E-state index is 14.0. The van der Waals surface area contributed by atoms with E-state index in [0.717, 1.165) is 11.8 Å². The van der Waals surface area contributed by atoms with E-state index >= 15 is 0 Å². The molecule has 0 bridgehead atoms. The summed E-state index contributed by atoms with van der Waals surface area (Å²) < 4.78 is 27.4. The van der Waals surface area contributed by atoms with Crippen LogP contribution in [-0.2, 0) is 4.79 Å². The van der Waals surface area contributed by atoms with Gasteiger partial charge in [-0.25, -0.2) is 8.78 Å². The molecule has 116 valence electrons. The molecule has 1 aromatic rings. The molecule has 1 heterocycles. The van der Waals surface area contributed by atoms with Gasteiger partial charge in [0.15, 0.2) is 11.6 Å². The average molecular weight is 314 g/mol. The van der Waals surface area contributed by atoms with E-state index in [1.165, 1.54) is 6.07 Å². The smallest absolute Gasteiger partial charge is 0.239 e. The fourth-order valence-corrected chi connectivity index (χ4v) is 3.08. The summed E-state index contributed by atoms with van der Waals surface area (Å²) >= 11 is 1.64. The molecule has 0 radical (unpaired) electrons. The summed E-state index contributed by atoms with van der Waals surface area (Å²) in [7, 11) is 0. The molecule has 0 aromatic heterocycles. The molecule has 1 fully saturated rings. The molecule has 2 N–H and O–H groups in total. The van der Waals surface area contributed by atoms with Crippen molar-refractivity contribution in [1.82, 2.24) is 4.90 Å². The molecule has 1 amide bonds. The topological polar surface area (TPSA) is 46.3 Å². The van der Waals surface area contributed by atoms with Gasteiger partial charge in [-0.15, -0.1) is 0 Å². The highest BCUT2D eigenvalue weighted by Crippen LogP contribution is 2.29. The number of carbonyl (C=O) groups excluding carboxylic acids is 1. The van der Waals surface area contributed by atoms with Crippen molar-refractivity contribution in [2.75, 3.05) is 25.1 Å². The van der Waals surface area contributed by atoms with Gasteiger partial charge in [0.2, 0.25) is 5.91 Å². The zero-order chi connectivity index (χ0) is 15.4. The van der Waals surface area contributed by atoms with Crippen molar-refractivity contribution in [3.8, 4) is 0 Å². The summed E-state index contributed by atoms with van der Waals surface area (Å²) in [6.07, 6.45) is 3.05. The summed E-state index contributed by atoms with van der Waals surface area (Å²) in [5, 5.41) is 0. The van der Waals surface area contributed by atoms with Crippen LogP contribution in [0, 0.1) is 11.6 Å². The van der Waals surface area contributed by atoms with E-state index in [0.29, 0.717) is 31.5 Å². The van der Waals surface area contributed by atoms with Crippen molar-refractivity contribution < 1.29 is 13.6 Å². The second-order valence-electron chi connectivity index (χ2n) is 5.30. The molecule has 3 nitrogen and oxygen atoms in total. The van der Waals surface area contributed by atoms with Gasteiger partial charge >= 0.3 is 0 Å². The Morgan fingerprint density at radius 1 is 1.38 bits per heavy atom. The van der Waals surface area contributed by atoms with Gasteiger partial charge in [-0.05, 0) is 30.7 Å². The minimum Gasteiger partial charge on any atom is -0.340 e. The molecule has 1 aliphatic heterocycles. The third-order valence-corrected chi connectivity index (χ3v) is 4.47. The van der Waals surface area contributed by atoms with Crippen molar-refractivity contribution in [3.63, 3.8) is 0 Å². The summed E-state index contributed by atoms with van der Waals surface area (Å²) in [5.41, 5.74) is 6.22. The number of halogens is 2. The van der Waals surface area contributed by atoms with Gasteiger partial charge in [-0.3, -0.25) is 4.79 Å². The molecular weight excluding hydrogens is 294 g/mol. The zero-order valence-electron chi connectivity index (χ0n) is 12.0. The lowest BCUT2D eigenvalue weighted by atomic mass is 9.93. The number of amides is 1. The van der Waals surface area contributed by atoms with Crippen LogP contribution in [0.15, 0.2) is 18.2 Å². The molecule has 0 spiro atoms. The standard InChI is InChI=1S/C15H20F2N2OS/c1-21-8-7-19-9-10(5-6-13(18)15(19)20)11-3-2-4-12(16)14(11)17/h2-4,10,13H,5-9,18H2,1H3/t10-,13-/m1/s1. The first-order chi connectivity index (χ1) is 10.0. The number of carbonyl (C=O) groups is 1. The van der Waals surface area contributed by atoms with Crippen molar-refractivity contribution in [2.24, 2.45) is 5.73 Å². The second-order valence-corrected chi connectivity index (χ2v) is 6.29. The number of thioether (sulfide) groups is 1. The molecule has 1 aliphatic rings. The Labute approximate surface area is 127 Å². The van der Waals surface area contributed by atoms with Crippen LogP contribution >= 0.6 is 11.8 Å². The fourth-order valence-electron chi connectivity index (χ4n) is 2.68. The van der Waals surface area contributed by atoms with E-state index in [-0.39, 0.29) is 11.8 Å². The van der Waals surface area contributed by atoms with Gasteiger partial charge < -0.3 is 10.6 Å². The molecule has 0 unspecified atom stereocenters. The molecule has 0 saturated carbocycles. The minimum atomic E-state index is -0.844. The quantitative estimate of drug-likeness (QED) is 0.928. The predicted molar refractivity (Wildman–Crippen MR) is 81.3 cm³/mol. The Balaban J connectivity index is 2.23. The van der Waals surface area contributed by atoms with E-state index in [2.05, 4.69) is 0 Å². The fraction of sp³-hybridized carbons (Fsp3) is 0.533. The average Bonchev–Trinajstić information content (AvgIpc) is 2.61. The Morgan fingerprint density at radius 2 is 2.14 bits per heavy atom. The van der Waals surface area contributed by atoms with Gasteiger partial charge in [-0.1, -0.05) is 12.1 Å². The molecule has 1 saturated heterocycles. The third-order valence-electron chi connectivity index (χ3n) is 3.88. The van der Waals surface area contributed by atoms with E-state index in [4.69, 9.17) is 5.73 Å². The van der Waals surface area contributed by atoms with Crippen LogP contribution in [0.2, 0.25) is 0 Å². The Kier molecular flexibility index (Phi) is 5.58. The third kappa shape index (κ3) is 3.74. The summed E-state index contributed by atoms with van der Waals surface area (Å²) in [6, 6.07) is 3.66. The Morgan fingerprint density at radius 3 is 2.86 bits per heavy atom. The summed E-state index contributed by atoms with van der Waals surface area (Å²) in [4.78, 5) is 13.9. The first kappa shape index (κ1) is 16.2. The highest BCUT2D eigenvalue weighted by Gasteiger charge is 2.30. The highest BCUT2D eigenvalue weighted by atomic mass is 32.2. The molecular formula is C15H20F2N2OS. The number of likely N-dealkylation sites (tertiary alicyclic amines) is 1. The summed E-state index contributed by atoms with van der Waals surface area (Å²) in [6.45, 7) is 0.981. The Bertz CT molecular complexity index is 512. The lowest BCUT2D eigenvalue weighted by Gasteiger charge is -2.25. The molecule has 1 aromatic carbocycles. The number of rotatable bonds is 4. The molecule has 2 rings (SSSR count). The van der Waals surface area contributed by atoms with Gasteiger partial charge in [-0.2, -0.15) is 11.8 Å². The van der Waals surface area contributed by atoms with E-state index in [1.807, 2.05) is 6.26 Å². The number of nitrogens with zero attached hydrogens (tertiary/aromatic N) is 1. The lowest BCUT2D eigenvalue weighted by Crippen LogP contribution is -2.43. The van der Waals surface area contributed by atoms with Crippen LogP contribution in [0.3, 0.4) is 0 Å². The van der Waals surface area contributed by atoms with Gasteiger partial charge in [0.05, 0.1) is 6.04 Å². The molecule has 21 heavy (non-hydrogen) atoms. The Hall–Kier alpha value is -1.14. The van der Waals surface area contributed by atoms with Crippen LogP contribution in [-0.4, -0.2) is 41.9 Å². The maximum Gasteiger partial charge on any atom is 0.239 e. The van der Waals surface area contributed by atoms with Crippen molar-refractivity contribution >= 4 is 17.7 Å². The number of hydrogen-bond acceptors (Lipinski definition) is 3. The largest absolute Gasteiger partial charge is 0.340 e. The van der Waals surface area contributed by atoms with Crippen LogP contribution < -0.4 is 5.73 Å². The van der Waals surface area contributed by atoms with E-state index < -0.39 is 17.7 Å². The van der Waals surface area contributed by atoms with Crippen molar-refractivity contribution in [3.05, 3.63) is 35.4 Å². The first-order valence-electron chi connectivity index (χ1n) is 7.01. The number of benzene rings is 1. The predicted octanol–water partition coefficient (Wildman–Crippen LogP) is 2.36. The van der Waals surface area contributed by atoms with E-state index in [9.17, 15) is 13.6 Å². The monoisotopic (exact) mass is 314 g/mol. The van der Waals surface area contributed by atoms with Gasteiger partial charge in [0.25, 0.3) is 0 Å². The van der Waals surface area contributed by atoms with E-state index in [1.54, 1.807) is 22.7 Å². The lowest BCUT2D eigenvalue weighted by molar-refractivity contribution is -0.131. The molecule has 6 heteroatoms. The number of nitrogens with two attached hydrogens (primary N) is 1. The number of hydrogen-bond donors (Lipinski definition) is 1. The molecule has 0 aliphatic carbocycles. The maximum absolute atomic E-state index is 14.0. The highest BCUT2D eigenvalue weighted by molar-refractivity contribution is 7.98. The SMILES string of the molecule is CSCCN1C[C@H](c2cccc(F)c2F)CC[C@@H](N)C1=O. The minimum absolute atomic E-state index is 0.0941. The molecule has 2 atom stereocenters. The van der Waals surface area contributed by atoms with Crippen molar-refractivity contribution in [2.45, 2.75) is 24.8 Å². The van der Waals surface area contributed by atoms with Gasteiger partial charge in [0.1, 0.15) is 0 Å². The normalized spacial score (nSPS) is 23.2. The van der Waals surface area contributed by atoms with Gasteiger partial charge in [0, 0.05) is 24.8 Å². The second kappa shape index (κ2) is 7.22. The van der Waals surface area contributed by atoms with Crippen LogP contribution in [0.5, 0.6) is 0 Å². The van der Waals surface area contributed by atoms with Crippen LogP contribution in [0.25, 0.3) is 0 Å². The van der Waals surface area contributed by atoms with Crippen LogP contribution in [0.1, 0.15) is 24.3 Å².